The number of hydrogen-bond donors (Lipinski definition) is 1. The van der Waals surface area contributed by atoms with E-state index in [4.69, 9.17) is 16.3 Å². The predicted molar refractivity (Wildman–Crippen MR) is 94.5 cm³/mol. The van der Waals surface area contributed by atoms with Crippen LogP contribution in [0.1, 0.15) is 43.0 Å². The van der Waals surface area contributed by atoms with Crippen molar-refractivity contribution in [3.63, 3.8) is 0 Å². The van der Waals surface area contributed by atoms with Gasteiger partial charge in [-0.05, 0) is 37.5 Å². The van der Waals surface area contributed by atoms with Gasteiger partial charge in [-0.1, -0.05) is 24.9 Å². The Labute approximate surface area is 148 Å². The molecule has 0 saturated carbocycles. The number of piperidine rings is 1. The zero-order valence-electron chi connectivity index (χ0n) is 14.3. The topological polar surface area (TPSA) is 58.6 Å². The van der Waals surface area contributed by atoms with E-state index in [2.05, 4.69) is 12.2 Å². The molecule has 132 valence electrons. The van der Waals surface area contributed by atoms with E-state index in [1.165, 1.54) is 7.11 Å². The minimum atomic E-state index is -0.141. The van der Waals surface area contributed by atoms with Crippen molar-refractivity contribution in [1.29, 1.82) is 0 Å². The molecule has 2 amide bonds. The van der Waals surface area contributed by atoms with Crippen molar-refractivity contribution in [1.82, 2.24) is 10.2 Å². The van der Waals surface area contributed by atoms with Crippen LogP contribution in [0.5, 0.6) is 5.75 Å². The largest absolute Gasteiger partial charge is 0.496 e. The number of likely N-dealkylation sites (tertiary alicyclic amines) is 1. The van der Waals surface area contributed by atoms with Gasteiger partial charge >= 0.3 is 0 Å². The third kappa shape index (κ3) is 4.63. The van der Waals surface area contributed by atoms with Gasteiger partial charge < -0.3 is 15.0 Å². The molecular weight excluding hydrogens is 328 g/mol. The van der Waals surface area contributed by atoms with Gasteiger partial charge in [0.2, 0.25) is 5.91 Å². The molecule has 1 saturated heterocycles. The van der Waals surface area contributed by atoms with Gasteiger partial charge in [-0.3, -0.25) is 9.59 Å². The van der Waals surface area contributed by atoms with E-state index in [1.807, 2.05) is 0 Å². The fraction of sp³-hybridized carbons (Fsp3) is 0.556. The molecule has 0 aliphatic carbocycles. The number of ether oxygens (including phenoxy) is 1. The number of nitrogens with zero attached hydrogens (tertiary/aromatic N) is 1. The van der Waals surface area contributed by atoms with Crippen LogP contribution < -0.4 is 10.1 Å². The number of hydrogen-bond acceptors (Lipinski definition) is 3. The molecule has 1 atom stereocenters. The lowest BCUT2D eigenvalue weighted by molar-refractivity contribution is -0.126. The van der Waals surface area contributed by atoms with Crippen LogP contribution in [0.15, 0.2) is 18.2 Å². The third-order valence-corrected chi connectivity index (χ3v) is 4.54. The van der Waals surface area contributed by atoms with E-state index >= 15 is 0 Å². The van der Waals surface area contributed by atoms with E-state index < -0.39 is 0 Å². The normalized spacial score (nSPS) is 17.5. The molecule has 5 nitrogen and oxygen atoms in total. The summed E-state index contributed by atoms with van der Waals surface area (Å²) in [5.74, 6) is 0.249. The van der Waals surface area contributed by atoms with Crippen LogP contribution in [0.2, 0.25) is 5.02 Å². The van der Waals surface area contributed by atoms with Gasteiger partial charge in [0.15, 0.2) is 0 Å². The number of carbonyl (C=O) groups is 2. The number of halogens is 1. The van der Waals surface area contributed by atoms with E-state index in [9.17, 15) is 9.59 Å². The first-order chi connectivity index (χ1) is 11.6. The van der Waals surface area contributed by atoms with E-state index in [0.29, 0.717) is 36.0 Å². The smallest absolute Gasteiger partial charge is 0.257 e. The Morgan fingerprint density at radius 2 is 2.21 bits per heavy atom. The Balaban J connectivity index is 2.03. The summed E-state index contributed by atoms with van der Waals surface area (Å²) >= 11 is 5.95. The highest BCUT2D eigenvalue weighted by Gasteiger charge is 2.29. The molecule has 0 aromatic heterocycles. The van der Waals surface area contributed by atoms with Crippen LogP contribution in [0.25, 0.3) is 0 Å². The van der Waals surface area contributed by atoms with Gasteiger partial charge in [0, 0.05) is 24.7 Å². The van der Waals surface area contributed by atoms with Crippen molar-refractivity contribution in [3.8, 4) is 5.75 Å². The fourth-order valence-corrected chi connectivity index (χ4v) is 3.08. The lowest BCUT2D eigenvalue weighted by Gasteiger charge is -2.32. The second kappa shape index (κ2) is 8.92. The molecule has 1 unspecified atom stereocenters. The molecule has 1 aromatic rings. The molecule has 1 aliphatic rings. The van der Waals surface area contributed by atoms with Crippen molar-refractivity contribution in [2.45, 2.75) is 32.6 Å². The summed E-state index contributed by atoms with van der Waals surface area (Å²) in [6.07, 6.45) is 3.67. The zero-order valence-corrected chi connectivity index (χ0v) is 15.1. The first-order valence-electron chi connectivity index (χ1n) is 8.47. The Morgan fingerprint density at radius 3 is 2.92 bits per heavy atom. The highest BCUT2D eigenvalue weighted by molar-refractivity contribution is 6.30. The molecule has 0 radical (unpaired) electrons. The molecule has 0 spiro atoms. The minimum absolute atomic E-state index is 0.0454. The maximum absolute atomic E-state index is 12.8. The molecular formula is C18H25ClN2O3. The SMILES string of the molecule is CCCCNC(=O)C1CCCN(C(=O)c2ccc(Cl)cc2OC)C1. The molecule has 1 fully saturated rings. The van der Waals surface area contributed by atoms with Crippen LogP contribution in [0.4, 0.5) is 0 Å². The van der Waals surface area contributed by atoms with Crippen LogP contribution in [-0.2, 0) is 4.79 Å². The average molecular weight is 353 g/mol. The zero-order chi connectivity index (χ0) is 17.5. The van der Waals surface area contributed by atoms with Crippen molar-refractivity contribution in [3.05, 3.63) is 28.8 Å². The number of unbranched alkanes of at least 4 members (excludes halogenated alkanes) is 1. The van der Waals surface area contributed by atoms with Gasteiger partial charge in [0.25, 0.3) is 5.91 Å². The number of benzene rings is 1. The molecule has 24 heavy (non-hydrogen) atoms. The summed E-state index contributed by atoms with van der Waals surface area (Å²) in [5.41, 5.74) is 0.481. The molecule has 1 N–H and O–H groups in total. The summed E-state index contributed by atoms with van der Waals surface area (Å²) in [5, 5.41) is 3.49. The molecule has 6 heteroatoms. The second-order valence-electron chi connectivity index (χ2n) is 6.08. The number of rotatable bonds is 6. The lowest BCUT2D eigenvalue weighted by Crippen LogP contribution is -2.45. The summed E-state index contributed by atoms with van der Waals surface area (Å²) in [6, 6.07) is 4.98. The maximum atomic E-state index is 12.8. The van der Waals surface area contributed by atoms with Gasteiger partial charge in [-0.25, -0.2) is 0 Å². The maximum Gasteiger partial charge on any atom is 0.257 e. The summed E-state index contributed by atoms with van der Waals surface area (Å²) in [6.45, 7) is 3.89. The Bertz CT molecular complexity index is 592. The Morgan fingerprint density at radius 1 is 1.42 bits per heavy atom. The first-order valence-corrected chi connectivity index (χ1v) is 8.85. The highest BCUT2D eigenvalue weighted by atomic mass is 35.5. The van der Waals surface area contributed by atoms with Gasteiger partial charge in [0.05, 0.1) is 18.6 Å². The van der Waals surface area contributed by atoms with E-state index in [1.54, 1.807) is 23.1 Å². The molecule has 2 rings (SSSR count). The Kier molecular flexibility index (Phi) is 6.91. The molecule has 1 aromatic carbocycles. The Hall–Kier alpha value is -1.75. The van der Waals surface area contributed by atoms with Crippen molar-refractivity contribution < 1.29 is 14.3 Å². The van der Waals surface area contributed by atoms with Crippen LogP contribution in [-0.4, -0.2) is 43.5 Å². The van der Waals surface area contributed by atoms with E-state index in [0.717, 1.165) is 25.7 Å². The molecule has 1 heterocycles. The third-order valence-electron chi connectivity index (χ3n) is 4.30. The second-order valence-corrected chi connectivity index (χ2v) is 6.52. The van der Waals surface area contributed by atoms with Gasteiger partial charge in [-0.2, -0.15) is 0 Å². The number of methoxy groups -OCH3 is 1. The minimum Gasteiger partial charge on any atom is -0.496 e. The monoisotopic (exact) mass is 352 g/mol. The number of carbonyl (C=O) groups excluding carboxylic acids is 2. The quantitative estimate of drug-likeness (QED) is 0.800. The number of amides is 2. The van der Waals surface area contributed by atoms with Gasteiger partial charge in [-0.15, -0.1) is 0 Å². The standard InChI is InChI=1S/C18H25ClN2O3/c1-3-4-9-20-17(22)13-6-5-10-21(12-13)18(23)15-8-7-14(19)11-16(15)24-2/h7-8,11,13H,3-6,9-10,12H2,1-2H3,(H,20,22). The molecule has 0 bridgehead atoms. The van der Waals surface area contributed by atoms with Crippen molar-refractivity contribution >= 4 is 23.4 Å². The van der Waals surface area contributed by atoms with Gasteiger partial charge in [0.1, 0.15) is 5.75 Å². The molecule has 1 aliphatic heterocycles. The van der Waals surface area contributed by atoms with Crippen LogP contribution >= 0.6 is 11.6 Å². The average Bonchev–Trinajstić information content (AvgIpc) is 2.61. The summed E-state index contributed by atoms with van der Waals surface area (Å²) in [7, 11) is 1.52. The first kappa shape index (κ1) is 18.6. The van der Waals surface area contributed by atoms with Crippen molar-refractivity contribution in [2.75, 3.05) is 26.7 Å². The lowest BCUT2D eigenvalue weighted by atomic mass is 9.96. The van der Waals surface area contributed by atoms with Crippen molar-refractivity contribution in [2.24, 2.45) is 5.92 Å². The van der Waals surface area contributed by atoms with Crippen LogP contribution in [0, 0.1) is 5.92 Å². The summed E-state index contributed by atoms with van der Waals surface area (Å²) in [4.78, 5) is 26.8. The highest BCUT2D eigenvalue weighted by Crippen LogP contribution is 2.26. The fourth-order valence-electron chi connectivity index (χ4n) is 2.92. The number of nitrogens with one attached hydrogen (secondary N) is 1. The summed E-state index contributed by atoms with van der Waals surface area (Å²) < 4.78 is 5.27. The van der Waals surface area contributed by atoms with Crippen LogP contribution in [0.3, 0.4) is 0 Å². The van der Waals surface area contributed by atoms with E-state index in [-0.39, 0.29) is 17.7 Å². The predicted octanol–water partition coefficient (Wildman–Crippen LogP) is 3.12.